The van der Waals surface area contributed by atoms with Crippen LogP contribution in [0.1, 0.15) is 24.8 Å². The first-order chi connectivity index (χ1) is 10.9. The second kappa shape index (κ2) is 5.83. The number of amides is 1. The second-order valence-corrected chi connectivity index (χ2v) is 6.47. The zero-order chi connectivity index (χ0) is 16.6. The van der Waals surface area contributed by atoms with Crippen LogP contribution in [0.2, 0.25) is 0 Å². The van der Waals surface area contributed by atoms with Gasteiger partial charge in [0.2, 0.25) is 5.91 Å². The van der Waals surface area contributed by atoms with Crippen LogP contribution in [-0.4, -0.2) is 42.1 Å². The Morgan fingerprint density at radius 3 is 2.65 bits per heavy atom. The van der Waals surface area contributed by atoms with E-state index >= 15 is 0 Å². The van der Waals surface area contributed by atoms with Crippen LogP contribution in [0.3, 0.4) is 0 Å². The SMILES string of the molecule is COc1ccc(F)cc1CC(=O)N1CCC2(CC1)CC2C(=O)O. The Kier molecular flexibility index (Phi) is 4.00. The van der Waals surface area contributed by atoms with Gasteiger partial charge in [-0.1, -0.05) is 0 Å². The predicted octanol–water partition coefficient (Wildman–Crippen LogP) is 2.09. The van der Waals surface area contributed by atoms with Crippen molar-refractivity contribution < 1.29 is 23.8 Å². The summed E-state index contributed by atoms with van der Waals surface area (Å²) in [5.74, 6) is -0.941. The largest absolute Gasteiger partial charge is 0.496 e. The highest BCUT2D eigenvalue weighted by Gasteiger charge is 2.59. The number of hydrogen-bond donors (Lipinski definition) is 1. The maximum atomic E-state index is 13.4. The normalized spacial score (nSPS) is 22.0. The van der Waals surface area contributed by atoms with E-state index in [1.807, 2.05) is 0 Å². The van der Waals surface area contributed by atoms with Gasteiger partial charge in [0.05, 0.1) is 19.4 Å². The minimum Gasteiger partial charge on any atom is -0.496 e. The van der Waals surface area contributed by atoms with Crippen LogP contribution in [0, 0.1) is 17.2 Å². The molecule has 3 rings (SSSR count). The van der Waals surface area contributed by atoms with Crippen molar-refractivity contribution in [1.82, 2.24) is 4.90 Å². The summed E-state index contributed by atoms with van der Waals surface area (Å²) in [6.45, 7) is 1.14. The number of halogens is 1. The van der Waals surface area contributed by atoms with Crippen molar-refractivity contribution >= 4 is 11.9 Å². The third kappa shape index (κ3) is 3.02. The molecule has 1 atom stereocenters. The van der Waals surface area contributed by atoms with Crippen molar-refractivity contribution in [2.45, 2.75) is 25.7 Å². The van der Waals surface area contributed by atoms with Crippen LogP contribution in [0.15, 0.2) is 18.2 Å². The molecule has 1 aromatic rings. The van der Waals surface area contributed by atoms with Gasteiger partial charge in [-0.2, -0.15) is 0 Å². The fourth-order valence-electron chi connectivity index (χ4n) is 3.61. The van der Waals surface area contributed by atoms with Crippen molar-refractivity contribution in [2.75, 3.05) is 20.2 Å². The standard InChI is InChI=1S/C17H20FNO4/c1-23-14-3-2-12(18)8-11(14)9-15(20)19-6-4-17(5-7-19)10-13(17)16(21)22/h2-3,8,13H,4-7,9-10H2,1H3,(H,21,22). The topological polar surface area (TPSA) is 66.8 Å². The molecule has 5 nitrogen and oxygen atoms in total. The first-order valence-electron chi connectivity index (χ1n) is 7.78. The van der Waals surface area contributed by atoms with Gasteiger partial charge in [-0.15, -0.1) is 0 Å². The van der Waals surface area contributed by atoms with Crippen LogP contribution in [0.25, 0.3) is 0 Å². The van der Waals surface area contributed by atoms with Crippen molar-refractivity contribution in [1.29, 1.82) is 0 Å². The quantitative estimate of drug-likeness (QED) is 0.922. The maximum absolute atomic E-state index is 13.4. The lowest BCUT2D eigenvalue weighted by atomic mass is 9.90. The zero-order valence-electron chi connectivity index (χ0n) is 13.0. The van der Waals surface area contributed by atoms with Gasteiger partial charge >= 0.3 is 5.97 Å². The molecule has 0 aromatic heterocycles. The van der Waals surface area contributed by atoms with Gasteiger partial charge in [-0.3, -0.25) is 9.59 Å². The highest BCUT2D eigenvalue weighted by Crippen LogP contribution is 2.59. The van der Waals surface area contributed by atoms with E-state index in [1.165, 1.54) is 25.3 Å². The van der Waals surface area contributed by atoms with Crippen LogP contribution >= 0.6 is 0 Å². The van der Waals surface area contributed by atoms with Gasteiger partial charge < -0.3 is 14.7 Å². The highest BCUT2D eigenvalue weighted by molar-refractivity contribution is 5.80. The first-order valence-corrected chi connectivity index (χ1v) is 7.78. The molecule has 1 aliphatic heterocycles. The lowest BCUT2D eigenvalue weighted by Crippen LogP contribution is -2.40. The molecule has 124 valence electrons. The Balaban J connectivity index is 1.60. The molecule has 0 radical (unpaired) electrons. The van der Waals surface area contributed by atoms with Gasteiger partial charge in [0, 0.05) is 18.7 Å². The fourth-order valence-corrected chi connectivity index (χ4v) is 3.61. The summed E-state index contributed by atoms with van der Waals surface area (Å²) in [5.41, 5.74) is 0.437. The van der Waals surface area contributed by atoms with Gasteiger partial charge in [0.15, 0.2) is 0 Å². The van der Waals surface area contributed by atoms with E-state index in [0.717, 1.165) is 19.3 Å². The van der Waals surface area contributed by atoms with Gasteiger partial charge in [0.25, 0.3) is 0 Å². The van der Waals surface area contributed by atoms with E-state index in [0.29, 0.717) is 24.4 Å². The van der Waals surface area contributed by atoms with Crippen molar-refractivity contribution in [2.24, 2.45) is 11.3 Å². The van der Waals surface area contributed by atoms with E-state index in [-0.39, 0.29) is 23.7 Å². The summed E-state index contributed by atoms with van der Waals surface area (Å²) in [6, 6.07) is 4.14. The van der Waals surface area contributed by atoms with E-state index in [2.05, 4.69) is 0 Å². The molecule has 1 aromatic carbocycles. The number of rotatable bonds is 4. The Labute approximate surface area is 134 Å². The number of ether oxygens (including phenoxy) is 1. The lowest BCUT2D eigenvalue weighted by molar-refractivity contribution is -0.139. The average molecular weight is 321 g/mol. The number of benzene rings is 1. The van der Waals surface area contributed by atoms with Crippen LogP contribution < -0.4 is 4.74 Å². The molecule has 1 saturated carbocycles. The molecule has 2 fully saturated rings. The van der Waals surface area contributed by atoms with Gasteiger partial charge in [-0.05, 0) is 42.9 Å². The van der Waals surface area contributed by atoms with Crippen LogP contribution in [-0.2, 0) is 16.0 Å². The molecule has 1 amide bonds. The molecular weight excluding hydrogens is 301 g/mol. The number of carbonyl (C=O) groups is 2. The third-order valence-electron chi connectivity index (χ3n) is 5.18. The number of carbonyl (C=O) groups excluding carboxylic acids is 1. The molecular formula is C17H20FNO4. The summed E-state index contributed by atoms with van der Waals surface area (Å²) in [4.78, 5) is 25.2. The van der Waals surface area contributed by atoms with Crippen LogP contribution in [0.4, 0.5) is 4.39 Å². The summed E-state index contributed by atoms with van der Waals surface area (Å²) < 4.78 is 18.5. The van der Waals surface area contributed by atoms with E-state index in [9.17, 15) is 14.0 Å². The molecule has 1 heterocycles. The number of aliphatic carboxylic acids is 1. The summed E-state index contributed by atoms with van der Waals surface area (Å²) in [6.07, 6.45) is 2.28. The second-order valence-electron chi connectivity index (χ2n) is 6.47. The predicted molar refractivity (Wildman–Crippen MR) is 80.6 cm³/mol. The van der Waals surface area contributed by atoms with Crippen molar-refractivity contribution in [3.63, 3.8) is 0 Å². The van der Waals surface area contributed by atoms with E-state index in [4.69, 9.17) is 9.84 Å². The third-order valence-corrected chi connectivity index (χ3v) is 5.18. The Morgan fingerprint density at radius 1 is 1.39 bits per heavy atom. The summed E-state index contributed by atoms with van der Waals surface area (Å²) >= 11 is 0. The molecule has 0 bridgehead atoms. The van der Waals surface area contributed by atoms with Gasteiger partial charge in [-0.25, -0.2) is 4.39 Å². The molecule has 6 heteroatoms. The Hall–Kier alpha value is -2.11. The smallest absolute Gasteiger partial charge is 0.307 e. The van der Waals surface area contributed by atoms with Gasteiger partial charge in [0.1, 0.15) is 11.6 Å². The number of likely N-dealkylation sites (tertiary alicyclic amines) is 1. The molecule has 23 heavy (non-hydrogen) atoms. The molecule has 1 unspecified atom stereocenters. The number of nitrogens with zero attached hydrogens (tertiary/aromatic N) is 1. The summed E-state index contributed by atoms with van der Waals surface area (Å²) in [5, 5.41) is 9.09. The van der Waals surface area contributed by atoms with Crippen molar-refractivity contribution in [3.8, 4) is 5.75 Å². The van der Waals surface area contributed by atoms with Crippen LogP contribution in [0.5, 0.6) is 5.75 Å². The fraction of sp³-hybridized carbons (Fsp3) is 0.529. The molecule has 1 N–H and O–H groups in total. The molecule has 1 saturated heterocycles. The zero-order valence-corrected chi connectivity index (χ0v) is 13.0. The monoisotopic (exact) mass is 321 g/mol. The Morgan fingerprint density at radius 2 is 2.09 bits per heavy atom. The number of carboxylic acid groups (broad SMARTS) is 1. The number of methoxy groups -OCH3 is 1. The highest BCUT2D eigenvalue weighted by atomic mass is 19.1. The average Bonchev–Trinajstić information content (AvgIpc) is 3.22. The number of piperidine rings is 1. The first kappa shape index (κ1) is 15.8. The lowest BCUT2D eigenvalue weighted by Gasteiger charge is -2.32. The minimum absolute atomic E-state index is 0.0729. The maximum Gasteiger partial charge on any atom is 0.307 e. The van der Waals surface area contributed by atoms with Crippen molar-refractivity contribution in [3.05, 3.63) is 29.6 Å². The van der Waals surface area contributed by atoms with E-state index in [1.54, 1.807) is 4.90 Å². The minimum atomic E-state index is -0.728. The van der Waals surface area contributed by atoms with E-state index < -0.39 is 11.8 Å². The number of hydrogen-bond acceptors (Lipinski definition) is 3. The number of carboxylic acids is 1. The molecule has 1 spiro atoms. The Bertz CT molecular complexity index is 637. The molecule has 2 aliphatic rings. The summed E-state index contributed by atoms with van der Waals surface area (Å²) in [7, 11) is 1.49. The molecule has 1 aliphatic carbocycles.